The Bertz CT molecular complexity index is 435. The predicted molar refractivity (Wildman–Crippen MR) is 67.2 cm³/mol. The normalized spacial score (nSPS) is 31.2. The van der Waals surface area contributed by atoms with Crippen LogP contribution in [0.1, 0.15) is 30.1 Å². The molecular weight excluding hydrogens is 228 g/mol. The van der Waals surface area contributed by atoms with Crippen molar-refractivity contribution in [2.45, 2.75) is 32.0 Å². The molecule has 18 heavy (non-hydrogen) atoms. The first-order chi connectivity index (χ1) is 8.74. The summed E-state index contributed by atoms with van der Waals surface area (Å²) < 4.78 is 5.85. The summed E-state index contributed by atoms with van der Waals surface area (Å²) in [4.78, 5) is 18.2. The molecule has 0 aliphatic carbocycles. The second-order valence-corrected chi connectivity index (χ2v) is 5.26. The fraction of sp³-hybridized carbons (Fsp3) is 0.571. The van der Waals surface area contributed by atoms with Crippen molar-refractivity contribution in [1.29, 1.82) is 0 Å². The third kappa shape index (κ3) is 2.12. The molecule has 1 amide bonds. The van der Waals surface area contributed by atoms with Crippen molar-refractivity contribution in [2.75, 3.05) is 13.1 Å². The van der Waals surface area contributed by atoms with Crippen molar-refractivity contribution in [3.63, 3.8) is 0 Å². The minimum atomic E-state index is 0.121. The van der Waals surface area contributed by atoms with Crippen molar-refractivity contribution in [1.82, 2.24) is 9.88 Å². The lowest BCUT2D eigenvalue weighted by Gasteiger charge is -2.34. The Balaban J connectivity index is 1.70. The van der Waals surface area contributed by atoms with Crippen molar-refractivity contribution >= 4 is 5.91 Å². The summed E-state index contributed by atoms with van der Waals surface area (Å²) in [6.45, 7) is 3.75. The molecular formula is C14H18N2O2. The Morgan fingerprint density at radius 1 is 1.44 bits per heavy atom. The van der Waals surface area contributed by atoms with E-state index < -0.39 is 0 Å². The summed E-state index contributed by atoms with van der Waals surface area (Å²) in [5.41, 5.74) is 0.732. The Morgan fingerprint density at radius 2 is 2.22 bits per heavy atom. The van der Waals surface area contributed by atoms with E-state index in [9.17, 15) is 4.79 Å². The van der Waals surface area contributed by atoms with Crippen LogP contribution in [0.5, 0.6) is 0 Å². The highest BCUT2D eigenvalue weighted by atomic mass is 16.5. The van der Waals surface area contributed by atoms with E-state index in [1.54, 1.807) is 24.5 Å². The van der Waals surface area contributed by atoms with Gasteiger partial charge in [-0.3, -0.25) is 9.78 Å². The van der Waals surface area contributed by atoms with Crippen LogP contribution < -0.4 is 0 Å². The largest absolute Gasteiger partial charge is 0.375 e. The number of carbonyl (C=O) groups excluding carboxylic acids is 1. The molecule has 0 radical (unpaired) electrons. The smallest absolute Gasteiger partial charge is 0.253 e. The molecule has 3 atom stereocenters. The third-order valence-electron chi connectivity index (χ3n) is 3.92. The zero-order valence-corrected chi connectivity index (χ0v) is 10.6. The summed E-state index contributed by atoms with van der Waals surface area (Å²) in [5, 5.41) is 0. The summed E-state index contributed by atoms with van der Waals surface area (Å²) in [6, 6.07) is 3.56. The Kier molecular flexibility index (Phi) is 3.04. The van der Waals surface area contributed by atoms with Gasteiger partial charge in [-0.15, -0.1) is 0 Å². The average molecular weight is 246 g/mol. The van der Waals surface area contributed by atoms with Gasteiger partial charge in [0.05, 0.1) is 12.2 Å². The molecule has 3 rings (SSSR count). The van der Waals surface area contributed by atoms with Crippen molar-refractivity contribution in [3.8, 4) is 0 Å². The first kappa shape index (κ1) is 11.7. The van der Waals surface area contributed by atoms with Crippen LogP contribution in [0.4, 0.5) is 0 Å². The highest BCUT2D eigenvalue weighted by molar-refractivity contribution is 5.94. The molecule has 96 valence electrons. The maximum Gasteiger partial charge on any atom is 0.253 e. The van der Waals surface area contributed by atoms with Gasteiger partial charge in [-0.05, 0) is 31.9 Å². The molecule has 1 aromatic rings. The molecule has 0 unspecified atom stereocenters. The molecule has 2 saturated heterocycles. The van der Waals surface area contributed by atoms with Gasteiger partial charge in [0, 0.05) is 37.0 Å². The fourth-order valence-electron chi connectivity index (χ4n) is 3.06. The van der Waals surface area contributed by atoms with Crippen molar-refractivity contribution in [2.24, 2.45) is 5.92 Å². The predicted octanol–water partition coefficient (Wildman–Crippen LogP) is 1.72. The monoisotopic (exact) mass is 246 g/mol. The number of aromatic nitrogens is 1. The van der Waals surface area contributed by atoms with E-state index in [0.29, 0.717) is 18.1 Å². The number of hydrogen-bond acceptors (Lipinski definition) is 3. The molecule has 4 heteroatoms. The van der Waals surface area contributed by atoms with Gasteiger partial charge in [0.15, 0.2) is 0 Å². The van der Waals surface area contributed by atoms with Gasteiger partial charge in [0.2, 0.25) is 0 Å². The van der Waals surface area contributed by atoms with Crippen molar-refractivity contribution < 1.29 is 9.53 Å². The van der Waals surface area contributed by atoms with Gasteiger partial charge >= 0.3 is 0 Å². The van der Waals surface area contributed by atoms with E-state index in [4.69, 9.17) is 4.74 Å². The molecule has 0 spiro atoms. The lowest BCUT2D eigenvalue weighted by molar-refractivity contribution is 0.00865. The van der Waals surface area contributed by atoms with Crippen LogP contribution in [0.3, 0.4) is 0 Å². The quantitative estimate of drug-likeness (QED) is 0.757. The van der Waals surface area contributed by atoms with Gasteiger partial charge in [-0.25, -0.2) is 0 Å². The number of likely N-dealkylation sites (tertiary alicyclic amines) is 1. The lowest BCUT2D eigenvalue weighted by Crippen LogP contribution is -2.44. The lowest BCUT2D eigenvalue weighted by atomic mass is 9.92. The number of nitrogens with zero attached hydrogens (tertiary/aromatic N) is 2. The molecule has 3 heterocycles. The number of carbonyl (C=O) groups is 1. The highest BCUT2D eigenvalue weighted by Gasteiger charge is 2.38. The van der Waals surface area contributed by atoms with Gasteiger partial charge in [-0.1, -0.05) is 0 Å². The number of amides is 1. The molecule has 1 aromatic heterocycles. The number of fused-ring (bicyclic) bond motifs is 1. The number of piperidine rings is 1. The van der Waals surface area contributed by atoms with Gasteiger partial charge in [-0.2, -0.15) is 0 Å². The Morgan fingerprint density at radius 3 is 3.00 bits per heavy atom. The molecule has 2 aliphatic heterocycles. The molecule has 0 aromatic carbocycles. The van der Waals surface area contributed by atoms with Crippen molar-refractivity contribution in [3.05, 3.63) is 30.1 Å². The van der Waals surface area contributed by atoms with Gasteiger partial charge in [0.1, 0.15) is 0 Å². The Labute approximate surface area is 107 Å². The van der Waals surface area contributed by atoms with Crippen LogP contribution in [0.25, 0.3) is 0 Å². The SMILES string of the molecule is C[C@H]1C[C@H]2CN(C(=O)c3ccncc3)CC[C@H]2O1. The number of hydrogen-bond donors (Lipinski definition) is 0. The van der Waals surface area contributed by atoms with Crippen LogP contribution >= 0.6 is 0 Å². The zero-order valence-electron chi connectivity index (χ0n) is 10.6. The molecule has 4 nitrogen and oxygen atoms in total. The first-order valence-electron chi connectivity index (χ1n) is 6.59. The summed E-state index contributed by atoms with van der Waals surface area (Å²) in [6.07, 6.45) is 6.08. The first-order valence-corrected chi connectivity index (χ1v) is 6.59. The molecule has 2 aliphatic rings. The van der Waals surface area contributed by atoms with Gasteiger partial charge < -0.3 is 9.64 Å². The second kappa shape index (κ2) is 4.69. The zero-order chi connectivity index (χ0) is 12.5. The minimum absolute atomic E-state index is 0.121. The third-order valence-corrected chi connectivity index (χ3v) is 3.92. The van der Waals surface area contributed by atoms with E-state index in [1.165, 1.54) is 0 Å². The molecule has 0 N–H and O–H groups in total. The number of rotatable bonds is 1. The molecule has 2 fully saturated rings. The van der Waals surface area contributed by atoms with Crippen LogP contribution in [-0.2, 0) is 4.74 Å². The van der Waals surface area contributed by atoms with Crippen LogP contribution in [0.15, 0.2) is 24.5 Å². The molecule has 0 saturated carbocycles. The fourth-order valence-corrected chi connectivity index (χ4v) is 3.06. The maximum absolute atomic E-state index is 12.3. The van der Waals surface area contributed by atoms with Gasteiger partial charge in [0.25, 0.3) is 5.91 Å². The summed E-state index contributed by atoms with van der Waals surface area (Å²) >= 11 is 0. The second-order valence-electron chi connectivity index (χ2n) is 5.26. The highest BCUT2D eigenvalue weighted by Crippen LogP contribution is 2.32. The summed E-state index contributed by atoms with van der Waals surface area (Å²) in [5.74, 6) is 0.634. The molecule has 0 bridgehead atoms. The van der Waals surface area contributed by atoms with E-state index in [-0.39, 0.29) is 5.91 Å². The van der Waals surface area contributed by atoms with Crippen LogP contribution in [0.2, 0.25) is 0 Å². The van der Waals surface area contributed by atoms with E-state index in [1.807, 2.05) is 4.90 Å². The standard InChI is InChI=1S/C14H18N2O2/c1-10-8-12-9-16(7-4-13(12)18-10)14(17)11-2-5-15-6-3-11/h2-3,5-6,10,12-13H,4,7-9H2,1H3/t10-,12-,13+/m0/s1. The van der Waals surface area contributed by atoms with E-state index in [0.717, 1.165) is 31.5 Å². The minimum Gasteiger partial charge on any atom is -0.375 e. The average Bonchev–Trinajstić information content (AvgIpc) is 2.78. The summed E-state index contributed by atoms with van der Waals surface area (Å²) in [7, 11) is 0. The van der Waals surface area contributed by atoms with E-state index >= 15 is 0 Å². The maximum atomic E-state index is 12.3. The van der Waals surface area contributed by atoms with Crippen LogP contribution in [-0.4, -0.2) is 41.1 Å². The number of pyridine rings is 1. The topological polar surface area (TPSA) is 42.4 Å². The Hall–Kier alpha value is -1.42. The number of ether oxygens (including phenoxy) is 1. The van der Waals surface area contributed by atoms with E-state index in [2.05, 4.69) is 11.9 Å². The van der Waals surface area contributed by atoms with Crippen LogP contribution in [0, 0.1) is 5.92 Å².